The van der Waals surface area contributed by atoms with Gasteiger partial charge in [0.25, 0.3) is 0 Å². The molecule has 0 radical (unpaired) electrons. The van der Waals surface area contributed by atoms with Gasteiger partial charge in [0.15, 0.2) is 0 Å². The summed E-state index contributed by atoms with van der Waals surface area (Å²) >= 11 is 6.12. The van der Waals surface area contributed by atoms with Crippen molar-refractivity contribution in [3.8, 4) is 0 Å². The summed E-state index contributed by atoms with van der Waals surface area (Å²) in [5.74, 6) is 0. The van der Waals surface area contributed by atoms with Gasteiger partial charge >= 0.3 is 0 Å². The Bertz CT molecular complexity index is 546. The summed E-state index contributed by atoms with van der Waals surface area (Å²) in [6, 6.07) is 18.4. The molecule has 0 amide bonds. The smallest absolute Gasteiger partial charge is 0.0409 e. The molecular weight excluding hydrogens is 266 g/mol. The fraction of sp³-hybridized carbons (Fsp3) is 0.333. The maximum Gasteiger partial charge on any atom is 0.0409 e. The molecule has 2 rings (SSSR count). The van der Waals surface area contributed by atoms with E-state index in [-0.39, 0.29) is 11.5 Å². The predicted molar refractivity (Wildman–Crippen MR) is 87.1 cm³/mol. The maximum atomic E-state index is 6.64. The second kappa shape index (κ2) is 6.43. The van der Waals surface area contributed by atoms with Crippen LogP contribution in [0.4, 0.5) is 0 Å². The van der Waals surface area contributed by atoms with Gasteiger partial charge in [0.05, 0.1) is 0 Å². The topological polar surface area (TPSA) is 26.0 Å². The molecule has 1 nitrogen and oxygen atoms in total. The predicted octanol–water partition coefficient (Wildman–Crippen LogP) is 5.10. The molecule has 1 atom stereocenters. The van der Waals surface area contributed by atoms with E-state index in [1.165, 1.54) is 5.56 Å². The fourth-order valence-electron chi connectivity index (χ4n) is 3.07. The molecule has 0 spiro atoms. The first-order valence-electron chi connectivity index (χ1n) is 7.20. The lowest BCUT2D eigenvalue weighted by Crippen LogP contribution is -2.37. The molecule has 2 aromatic rings. The van der Waals surface area contributed by atoms with E-state index >= 15 is 0 Å². The van der Waals surface area contributed by atoms with E-state index in [0.29, 0.717) is 0 Å². The number of halogens is 1. The highest BCUT2D eigenvalue weighted by Crippen LogP contribution is 2.42. The second-order valence-electron chi connectivity index (χ2n) is 5.26. The largest absolute Gasteiger partial charge is 0.323 e. The summed E-state index contributed by atoms with van der Waals surface area (Å²) in [5, 5.41) is 0.743. The highest BCUT2D eigenvalue weighted by atomic mass is 35.5. The summed E-state index contributed by atoms with van der Waals surface area (Å²) < 4.78 is 0. The Labute approximate surface area is 126 Å². The van der Waals surface area contributed by atoms with Gasteiger partial charge in [-0.3, -0.25) is 0 Å². The van der Waals surface area contributed by atoms with Crippen LogP contribution in [0.3, 0.4) is 0 Å². The second-order valence-corrected chi connectivity index (χ2v) is 5.70. The molecule has 2 aromatic carbocycles. The molecule has 0 bridgehead atoms. The molecular formula is C18H22ClN. The van der Waals surface area contributed by atoms with Crippen molar-refractivity contribution in [1.29, 1.82) is 0 Å². The van der Waals surface area contributed by atoms with E-state index in [2.05, 4.69) is 44.2 Å². The van der Waals surface area contributed by atoms with Gasteiger partial charge in [-0.2, -0.15) is 0 Å². The molecule has 106 valence electrons. The van der Waals surface area contributed by atoms with E-state index in [4.69, 9.17) is 17.3 Å². The quantitative estimate of drug-likeness (QED) is 0.813. The third-order valence-corrected chi connectivity index (χ3v) is 4.65. The molecule has 0 aliphatic heterocycles. The van der Waals surface area contributed by atoms with Crippen molar-refractivity contribution in [1.82, 2.24) is 0 Å². The zero-order chi connectivity index (χ0) is 14.6. The molecule has 0 heterocycles. The Balaban J connectivity index is 2.48. The van der Waals surface area contributed by atoms with Crippen LogP contribution in [0.1, 0.15) is 43.9 Å². The third-order valence-electron chi connectivity index (χ3n) is 4.41. The van der Waals surface area contributed by atoms with Crippen molar-refractivity contribution in [2.24, 2.45) is 5.73 Å². The number of hydrogen-bond donors (Lipinski definition) is 1. The summed E-state index contributed by atoms with van der Waals surface area (Å²) in [6.45, 7) is 4.42. The number of hydrogen-bond acceptors (Lipinski definition) is 1. The molecule has 2 N–H and O–H groups in total. The van der Waals surface area contributed by atoms with E-state index < -0.39 is 0 Å². The Morgan fingerprint density at radius 1 is 1.00 bits per heavy atom. The first-order valence-corrected chi connectivity index (χ1v) is 7.58. The summed E-state index contributed by atoms with van der Waals surface area (Å²) in [7, 11) is 0. The van der Waals surface area contributed by atoms with Crippen molar-refractivity contribution in [3.63, 3.8) is 0 Å². The fourth-order valence-corrected chi connectivity index (χ4v) is 3.27. The molecule has 2 heteroatoms. The van der Waals surface area contributed by atoms with Crippen LogP contribution in [0.2, 0.25) is 5.02 Å². The van der Waals surface area contributed by atoms with Crippen LogP contribution in [0.25, 0.3) is 0 Å². The third kappa shape index (κ3) is 2.74. The van der Waals surface area contributed by atoms with Gasteiger partial charge in [0.2, 0.25) is 0 Å². The first kappa shape index (κ1) is 15.1. The van der Waals surface area contributed by atoms with E-state index in [9.17, 15) is 0 Å². The average Bonchev–Trinajstić information content (AvgIpc) is 2.50. The number of nitrogens with two attached hydrogens (primary N) is 1. The Morgan fingerprint density at radius 3 is 2.20 bits per heavy atom. The monoisotopic (exact) mass is 287 g/mol. The van der Waals surface area contributed by atoms with Gasteiger partial charge in [-0.25, -0.2) is 0 Å². The molecule has 20 heavy (non-hydrogen) atoms. The van der Waals surface area contributed by atoms with E-state index in [1.807, 2.05) is 24.3 Å². The number of rotatable bonds is 5. The lowest BCUT2D eigenvalue weighted by Gasteiger charge is -2.38. The summed E-state index contributed by atoms with van der Waals surface area (Å²) in [4.78, 5) is 0. The minimum atomic E-state index is -0.0569. The van der Waals surface area contributed by atoms with Crippen LogP contribution in [-0.4, -0.2) is 0 Å². The summed E-state index contributed by atoms with van der Waals surface area (Å²) in [6.07, 6.45) is 2.00. The van der Waals surface area contributed by atoms with Crippen LogP contribution >= 0.6 is 11.6 Å². The Morgan fingerprint density at radius 2 is 1.65 bits per heavy atom. The van der Waals surface area contributed by atoms with Gasteiger partial charge in [0.1, 0.15) is 0 Å². The summed E-state index contributed by atoms with van der Waals surface area (Å²) in [5.41, 5.74) is 8.99. The normalized spacial score (nSPS) is 13.2. The van der Waals surface area contributed by atoms with Crippen LogP contribution in [0.15, 0.2) is 54.6 Å². The number of benzene rings is 2. The van der Waals surface area contributed by atoms with Crippen molar-refractivity contribution < 1.29 is 0 Å². The lowest BCUT2D eigenvalue weighted by molar-refractivity contribution is 0.322. The van der Waals surface area contributed by atoms with Crippen molar-refractivity contribution >= 4 is 11.6 Å². The molecule has 0 saturated heterocycles. The Hall–Kier alpha value is -1.31. The van der Waals surface area contributed by atoms with Crippen LogP contribution in [0.5, 0.6) is 0 Å². The molecule has 0 aliphatic carbocycles. The Kier molecular flexibility index (Phi) is 4.85. The van der Waals surface area contributed by atoms with Gasteiger partial charge in [-0.05, 0) is 36.1 Å². The molecule has 1 unspecified atom stereocenters. The van der Waals surface area contributed by atoms with Gasteiger partial charge in [-0.1, -0.05) is 67.9 Å². The minimum Gasteiger partial charge on any atom is -0.323 e. The SMILES string of the molecule is CCC(CC)(c1ccccc1)C(N)c1cccc(Cl)c1. The van der Waals surface area contributed by atoms with E-state index in [1.54, 1.807) is 0 Å². The average molecular weight is 288 g/mol. The molecule has 0 saturated carbocycles. The van der Waals surface area contributed by atoms with Gasteiger partial charge < -0.3 is 5.73 Å². The molecule has 0 aromatic heterocycles. The molecule has 0 aliphatic rings. The maximum absolute atomic E-state index is 6.64. The van der Waals surface area contributed by atoms with Crippen LogP contribution < -0.4 is 5.73 Å². The van der Waals surface area contributed by atoms with Crippen LogP contribution in [-0.2, 0) is 5.41 Å². The van der Waals surface area contributed by atoms with Gasteiger partial charge in [0, 0.05) is 16.5 Å². The van der Waals surface area contributed by atoms with E-state index in [0.717, 1.165) is 23.4 Å². The van der Waals surface area contributed by atoms with Gasteiger partial charge in [-0.15, -0.1) is 0 Å². The van der Waals surface area contributed by atoms with Crippen molar-refractivity contribution in [2.45, 2.75) is 38.1 Å². The zero-order valence-corrected chi connectivity index (χ0v) is 12.9. The van der Waals surface area contributed by atoms with Crippen molar-refractivity contribution in [3.05, 3.63) is 70.7 Å². The first-order chi connectivity index (χ1) is 9.64. The minimum absolute atomic E-state index is 0.0497. The van der Waals surface area contributed by atoms with Crippen LogP contribution in [0, 0.1) is 0 Å². The highest BCUT2D eigenvalue weighted by molar-refractivity contribution is 6.30. The lowest BCUT2D eigenvalue weighted by atomic mass is 9.68. The molecule has 0 fully saturated rings. The standard InChI is InChI=1S/C18H22ClN/c1-3-18(4-2,15-10-6-5-7-11-15)17(20)14-9-8-12-16(19)13-14/h5-13,17H,3-4,20H2,1-2H3. The van der Waals surface area contributed by atoms with Crippen molar-refractivity contribution in [2.75, 3.05) is 0 Å². The highest BCUT2D eigenvalue weighted by Gasteiger charge is 2.35. The zero-order valence-electron chi connectivity index (χ0n) is 12.1.